The largest absolute Gasteiger partial charge is 0.305 e. The van der Waals surface area contributed by atoms with E-state index in [9.17, 15) is 4.79 Å². The van der Waals surface area contributed by atoms with E-state index in [1.165, 1.54) is 11.1 Å². The van der Waals surface area contributed by atoms with E-state index in [0.29, 0.717) is 0 Å². The third-order valence-electron chi connectivity index (χ3n) is 5.07. The molecule has 1 aliphatic rings. The highest BCUT2D eigenvalue weighted by atomic mass is 35.5. The Morgan fingerprint density at radius 2 is 1.32 bits per heavy atom. The summed E-state index contributed by atoms with van der Waals surface area (Å²) in [6.45, 7) is 0.735. The molecular formula is C24H25ClN2O. The van der Waals surface area contributed by atoms with E-state index in [0.717, 1.165) is 41.9 Å². The molecule has 0 atom stereocenters. The maximum Gasteiger partial charge on any atom is 0.263 e. The standard InChI is InChI=1S/C24H24N2O.ClH/c1-25(2)17-20-11-3-6-12-21(20)24(27)26-22-13-7-4-9-18(22)15-16-19-10-5-8-14-23(19)26;/h3-14H,15-17H2,1-2H3;1H. The van der Waals surface area contributed by atoms with E-state index in [-0.39, 0.29) is 18.3 Å². The molecule has 3 nitrogen and oxygen atoms in total. The molecule has 0 saturated heterocycles. The lowest BCUT2D eigenvalue weighted by atomic mass is 10.0. The second-order valence-electron chi connectivity index (χ2n) is 7.29. The van der Waals surface area contributed by atoms with Gasteiger partial charge >= 0.3 is 0 Å². The van der Waals surface area contributed by atoms with Crippen LogP contribution in [0.5, 0.6) is 0 Å². The number of anilines is 2. The van der Waals surface area contributed by atoms with Crippen molar-refractivity contribution in [1.82, 2.24) is 4.90 Å². The number of carbonyl (C=O) groups excluding carboxylic acids is 1. The molecule has 4 rings (SSSR count). The van der Waals surface area contributed by atoms with Gasteiger partial charge in [0.1, 0.15) is 0 Å². The van der Waals surface area contributed by atoms with Gasteiger partial charge in [-0.15, -0.1) is 12.4 Å². The fourth-order valence-corrected chi connectivity index (χ4v) is 3.83. The summed E-state index contributed by atoms with van der Waals surface area (Å²) in [7, 11) is 4.05. The van der Waals surface area contributed by atoms with Crippen molar-refractivity contribution in [3.8, 4) is 0 Å². The highest BCUT2D eigenvalue weighted by molar-refractivity contribution is 6.12. The Bertz CT molecular complexity index is 936. The van der Waals surface area contributed by atoms with E-state index in [4.69, 9.17) is 0 Å². The number of rotatable bonds is 3. The first-order valence-corrected chi connectivity index (χ1v) is 9.38. The number of aryl methyl sites for hydroxylation is 2. The van der Waals surface area contributed by atoms with Gasteiger partial charge in [0.05, 0.1) is 11.4 Å². The van der Waals surface area contributed by atoms with Crippen molar-refractivity contribution in [1.29, 1.82) is 0 Å². The lowest BCUT2D eigenvalue weighted by molar-refractivity contribution is 0.0997. The number of benzene rings is 3. The molecule has 3 aromatic carbocycles. The molecule has 1 amide bonds. The average molecular weight is 393 g/mol. The SMILES string of the molecule is CN(C)Cc1ccccc1C(=O)N1c2ccccc2CCc2ccccc21.Cl. The Kier molecular flexibility index (Phi) is 6.18. The lowest BCUT2D eigenvalue weighted by Gasteiger charge is -2.26. The second kappa shape index (κ2) is 8.59. The minimum Gasteiger partial charge on any atom is -0.305 e. The summed E-state index contributed by atoms with van der Waals surface area (Å²) < 4.78 is 0. The minimum absolute atomic E-state index is 0. The first-order chi connectivity index (χ1) is 13.1. The molecule has 3 aromatic rings. The highest BCUT2D eigenvalue weighted by Gasteiger charge is 2.27. The maximum atomic E-state index is 13.8. The van der Waals surface area contributed by atoms with Crippen molar-refractivity contribution in [2.45, 2.75) is 19.4 Å². The Morgan fingerprint density at radius 1 is 0.821 bits per heavy atom. The molecular weight excluding hydrogens is 368 g/mol. The zero-order valence-electron chi connectivity index (χ0n) is 16.3. The van der Waals surface area contributed by atoms with E-state index in [1.54, 1.807) is 0 Å². The predicted octanol–water partition coefficient (Wildman–Crippen LogP) is 5.25. The zero-order chi connectivity index (χ0) is 18.8. The number of hydrogen-bond acceptors (Lipinski definition) is 2. The van der Waals surface area contributed by atoms with Gasteiger partial charge in [-0.1, -0.05) is 54.6 Å². The zero-order valence-corrected chi connectivity index (χ0v) is 17.1. The second-order valence-corrected chi connectivity index (χ2v) is 7.29. The van der Waals surface area contributed by atoms with Gasteiger partial charge in [-0.2, -0.15) is 0 Å². The van der Waals surface area contributed by atoms with E-state index < -0.39 is 0 Å². The van der Waals surface area contributed by atoms with Crippen LogP contribution in [0, 0.1) is 0 Å². The van der Waals surface area contributed by atoms with Crippen LogP contribution in [0.2, 0.25) is 0 Å². The number of hydrogen-bond donors (Lipinski definition) is 0. The predicted molar refractivity (Wildman–Crippen MR) is 118 cm³/mol. The summed E-state index contributed by atoms with van der Waals surface area (Å²) in [6, 6.07) is 24.4. The number of para-hydroxylation sites is 2. The third kappa shape index (κ3) is 3.82. The number of nitrogens with zero attached hydrogens (tertiary/aromatic N) is 2. The van der Waals surface area contributed by atoms with Crippen molar-refractivity contribution in [2.24, 2.45) is 0 Å². The van der Waals surface area contributed by atoms with E-state index in [1.807, 2.05) is 55.4 Å². The fourth-order valence-electron chi connectivity index (χ4n) is 3.83. The average Bonchev–Trinajstić information content (AvgIpc) is 2.84. The van der Waals surface area contributed by atoms with Gasteiger partial charge in [0, 0.05) is 12.1 Å². The quantitative estimate of drug-likeness (QED) is 0.608. The maximum absolute atomic E-state index is 13.8. The molecule has 0 radical (unpaired) electrons. The number of amides is 1. The molecule has 0 aromatic heterocycles. The van der Waals surface area contributed by atoms with Crippen LogP contribution in [0.25, 0.3) is 0 Å². The molecule has 0 fully saturated rings. The molecule has 144 valence electrons. The summed E-state index contributed by atoms with van der Waals surface area (Å²) in [6.07, 6.45) is 1.88. The molecule has 1 heterocycles. The van der Waals surface area contributed by atoms with Crippen LogP contribution in [-0.4, -0.2) is 24.9 Å². The molecule has 0 N–H and O–H groups in total. The number of carbonyl (C=O) groups is 1. The molecule has 0 spiro atoms. The summed E-state index contributed by atoms with van der Waals surface area (Å²) in [4.78, 5) is 17.8. The summed E-state index contributed by atoms with van der Waals surface area (Å²) >= 11 is 0. The van der Waals surface area contributed by atoms with Crippen LogP contribution in [0.4, 0.5) is 11.4 Å². The molecule has 0 bridgehead atoms. The van der Waals surface area contributed by atoms with Gasteiger partial charge in [0.25, 0.3) is 5.91 Å². The Balaban J connectivity index is 0.00000225. The van der Waals surface area contributed by atoms with Crippen LogP contribution in [-0.2, 0) is 19.4 Å². The van der Waals surface area contributed by atoms with E-state index in [2.05, 4.69) is 41.3 Å². The van der Waals surface area contributed by atoms with Gasteiger partial charge in [0.15, 0.2) is 0 Å². The Morgan fingerprint density at radius 3 is 1.89 bits per heavy atom. The highest BCUT2D eigenvalue weighted by Crippen LogP contribution is 2.37. The summed E-state index contributed by atoms with van der Waals surface area (Å²) in [5, 5.41) is 0. The van der Waals surface area contributed by atoms with Crippen LogP contribution < -0.4 is 4.90 Å². The molecule has 0 aliphatic carbocycles. The van der Waals surface area contributed by atoms with Crippen molar-refractivity contribution < 1.29 is 4.79 Å². The summed E-state index contributed by atoms with van der Waals surface area (Å²) in [5.74, 6) is 0.0363. The van der Waals surface area contributed by atoms with Gasteiger partial charge in [0.2, 0.25) is 0 Å². The number of halogens is 1. The number of fused-ring (bicyclic) bond motifs is 2. The molecule has 0 saturated carbocycles. The normalized spacial score (nSPS) is 12.6. The van der Waals surface area contributed by atoms with E-state index >= 15 is 0 Å². The molecule has 4 heteroatoms. The first-order valence-electron chi connectivity index (χ1n) is 9.38. The third-order valence-corrected chi connectivity index (χ3v) is 5.07. The topological polar surface area (TPSA) is 23.6 Å². The van der Waals surface area contributed by atoms with Crippen LogP contribution in [0.1, 0.15) is 27.0 Å². The van der Waals surface area contributed by atoms with Crippen molar-refractivity contribution in [3.63, 3.8) is 0 Å². The molecule has 0 unspecified atom stereocenters. The van der Waals surface area contributed by atoms with Crippen LogP contribution in [0.3, 0.4) is 0 Å². The minimum atomic E-state index is 0. The van der Waals surface area contributed by atoms with Crippen molar-refractivity contribution >= 4 is 29.7 Å². The summed E-state index contributed by atoms with van der Waals surface area (Å²) in [5.41, 5.74) is 6.22. The van der Waals surface area contributed by atoms with Gasteiger partial charge in [-0.3, -0.25) is 9.69 Å². The van der Waals surface area contributed by atoms with Crippen molar-refractivity contribution in [3.05, 3.63) is 95.1 Å². The first kappa shape index (κ1) is 20.1. The lowest BCUT2D eigenvalue weighted by Crippen LogP contribution is -2.28. The smallest absolute Gasteiger partial charge is 0.263 e. The van der Waals surface area contributed by atoms with Gasteiger partial charge < -0.3 is 4.90 Å². The monoisotopic (exact) mass is 392 g/mol. The Hall–Kier alpha value is -2.62. The van der Waals surface area contributed by atoms with Gasteiger partial charge in [-0.05, 0) is 61.8 Å². The van der Waals surface area contributed by atoms with Crippen molar-refractivity contribution in [2.75, 3.05) is 19.0 Å². The molecule has 28 heavy (non-hydrogen) atoms. The Labute approximate surface area is 173 Å². The van der Waals surface area contributed by atoms with Crippen LogP contribution >= 0.6 is 12.4 Å². The fraction of sp³-hybridized carbons (Fsp3) is 0.208. The molecule has 1 aliphatic heterocycles. The van der Waals surface area contributed by atoms with Gasteiger partial charge in [-0.25, -0.2) is 0 Å². The van der Waals surface area contributed by atoms with Crippen LogP contribution in [0.15, 0.2) is 72.8 Å².